The van der Waals surface area contributed by atoms with Crippen molar-refractivity contribution in [3.8, 4) is 47.5 Å². The number of nitrogens with zero attached hydrogens (tertiary/aromatic N) is 1. The number of benzene rings is 8. The summed E-state index contributed by atoms with van der Waals surface area (Å²) in [7, 11) is 4.03. The van der Waals surface area contributed by atoms with E-state index in [4.69, 9.17) is 0 Å². The minimum Gasteiger partial charge on any atom is -0.508 e. The van der Waals surface area contributed by atoms with Gasteiger partial charge in [0.1, 0.15) is 5.75 Å². The van der Waals surface area contributed by atoms with Crippen LogP contribution in [0, 0.1) is 65.2 Å². The minimum atomic E-state index is -0.190. The normalized spacial score (nSPS) is 13.3. The lowest BCUT2D eigenvalue weighted by atomic mass is 10.0. The molecule has 16 rings (SSSR count). The van der Waals surface area contributed by atoms with Crippen molar-refractivity contribution >= 4 is 121 Å². The highest BCUT2D eigenvalue weighted by Crippen LogP contribution is 2.40. The molecule has 4 fully saturated rings. The molecule has 4 amide bonds. The first kappa shape index (κ1) is 80.8. The van der Waals surface area contributed by atoms with Crippen molar-refractivity contribution in [2.24, 2.45) is 23.7 Å². The van der Waals surface area contributed by atoms with Crippen LogP contribution in [0.4, 0.5) is 28.4 Å². The molecule has 14 nitrogen and oxygen atoms in total. The van der Waals surface area contributed by atoms with Gasteiger partial charge >= 0.3 is 0 Å². The third kappa shape index (κ3) is 22.1. The SMILES string of the molecule is Cc1ccc(-c2ccc(C(=O)Nc3cc(C(=O)CC4CC4)ccc3C)s2)cc1.Cc1ccc(-c2ccc(C(=O)Nc3cc(C(=O)CC4CC4)ccc3C)s2)cc1.Cc1ccc(C(=O)CC2CC2)cc1NC(=O)c1ccc(-c2ccc(N(C)C)cc2)s1.Cc1ccc(C(=O)CC2CC2)cc1NC(=O)c1ccc(-c2ccc(O)cc2)s1. The number of hydrogen-bond donors (Lipinski definition) is 5. The molecule has 0 bridgehead atoms. The van der Waals surface area contributed by atoms with Crippen LogP contribution >= 0.6 is 45.3 Å². The Hall–Kier alpha value is -11.3. The zero-order valence-corrected chi connectivity index (χ0v) is 68.6. The Bertz CT molecular complexity index is 5130. The number of carbonyl (C=O) groups is 8. The molecule has 12 aromatic rings. The van der Waals surface area contributed by atoms with Crippen LogP contribution in [0.3, 0.4) is 0 Å². The number of thiophene rings is 4. The van der Waals surface area contributed by atoms with E-state index >= 15 is 0 Å². The molecule has 4 aliphatic rings. The van der Waals surface area contributed by atoms with Gasteiger partial charge in [-0.15, -0.1) is 45.3 Å². The molecule has 4 saturated carbocycles. The zero-order chi connectivity index (χ0) is 80.3. The lowest BCUT2D eigenvalue weighted by molar-refractivity contribution is 0.0968. The molecule has 0 saturated heterocycles. The topological polar surface area (TPSA) is 208 Å². The van der Waals surface area contributed by atoms with Crippen molar-refractivity contribution in [2.45, 2.75) is 119 Å². The summed E-state index contributed by atoms with van der Waals surface area (Å²) in [4.78, 5) is 109. The van der Waals surface area contributed by atoms with Crippen molar-refractivity contribution in [3.05, 3.63) is 294 Å². The maximum atomic E-state index is 12.8. The Kier molecular flexibility index (Phi) is 26.0. The van der Waals surface area contributed by atoms with Crippen LogP contribution in [-0.4, -0.2) is 66.0 Å². The summed E-state index contributed by atoms with van der Waals surface area (Å²) in [6.45, 7) is 11.9. The van der Waals surface area contributed by atoms with Gasteiger partial charge in [0.2, 0.25) is 0 Å². The Balaban J connectivity index is 0.000000133. The molecule has 114 heavy (non-hydrogen) atoms. The molecular formula is C96H93N5O9S4. The van der Waals surface area contributed by atoms with Gasteiger partial charge in [-0.2, -0.15) is 0 Å². The molecule has 5 N–H and O–H groups in total. The van der Waals surface area contributed by atoms with E-state index in [-0.39, 0.29) is 52.5 Å². The number of ketones is 4. The number of anilines is 5. The fraction of sp³-hybridized carbons (Fsp3) is 0.250. The van der Waals surface area contributed by atoms with Gasteiger partial charge < -0.3 is 31.3 Å². The Morgan fingerprint density at radius 1 is 0.307 bits per heavy atom. The average molecular weight is 1590 g/mol. The smallest absolute Gasteiger partial charge is 0.265 e. The van der Waals surface area contributed by atoms with Gasteiger partial charge in [0, 0.05) is 110 Å². The van der Waals surface area contributed by atoms with Crippen molar-refractivity contribution in [2.75, 3.05) is 40.3 Å². The first-order chi connectivity index (χ1) is 54.9. The number of aromatic hydroxyl groups is 1. The van der Waals surface area contributed by atoms with E-state index in [1.807, 2.05) is 163 Å². The van der Waals surface area contributed by atoms with E-state index in [0.29, 0.717) is 114 Å². The van der Waals surface area contributed by atoms with Crippen molar-refractivity contribution in [1.29, 1.82) is 0 Å². The number of aryl methyl sites for hydroxylation is 6. The lowest BCUT2D eigenvalue weighted by Gasteiger charge is -2.12. The summed E-state index contributed by atoms with van der Waals surface area (Å²) in [6.07, 6.45) is 11.6. The second-order valence-electron chi connectivity index (χ2n) is 30.6. The number of hydrogen-bond acceptors (Lipinski definition) is 14. The molecule has 580 valence electrons. The minimum absolute atomic E-state index is 0.141. The fourth-order valence-electron chi connectivity index (χ4n) is 12.7. The van der Waals surface area contributed by atoms with Gasteiger partial charge in [-0.25, -0.2) is 0 Å². The first-order valence-corrected chi connectivity index (χ1v) is 42.1. The van der Waals surface area contributed by atoms with Crippen LogP contribution in [0.5, 0.6) is 5.75 Å². The molecule has 0 unspecified atom stereocenters. The molecule has 4 aromatic heterocycles. The highest BCUT2D eigenvalue weighted by molar-refractivity contribution is 7.18. The van der Waals surface area contributed by atoms with Crippen LogP contribution in [0.25, 0.3) is 41.8 Å². The number of phenols is 1. The molecular weight excluding hydrogens is 1500 g/mol. The Morgan fingerprint density at radius 3 is 0.763 bits per heavy atom. The molecule has 0 spiro atoms. The van der Waals surface area contributed by atoms with E-state index < -0.39 is 0 Å². The van der Waals surface area contributed by atoms with Crippen LogP contribution in [0.15, 0.2) is 218 Å². The summed E-state index contributed by atoms with van der Waals surface area (Å²) >= 11 is 5.81. The van der Waals surface area contributed by atoms with E-state index in [1.54, 1.807) is 24.3 Å². The van der Waals surface area contributed by atoms with Gasteiger partial charge in [-0.05, 0) is 270 Å². The maximum Gasteiger partial charge on any atom is 0.265 e. The second kappa shape index (κ2) is 36.7. The number of rotatable bonds is 25. The van der Waals surface area contributed by atoms with Gasteiger partial charge in [0.25, 0.3) is 23.6 Å². The zero-order valence-electron chi connectivity index (χ0n) is 65.4. The third-order valence-corrected chi connectivity index (χ3v) is 25.3. The predicted molar refractivity (Wildman–Crippen MR) is 468 cm³/mol. The average Bonchev–Trinajstić information content (AvgIpc) is 1.46. The fourth-order valence-corrected chi connectivity index (χ4v) is 16.3. The largest absolute Gasteiger partial charge is 0.508 e. The predicted octanol–water partition coefficient (Wildman–Crippen LogP) is 24.2. The molecule has 4 heterocycles. The third-order valence-electron chi connectivity index (χ3n) is 20.7. The van der Waals surface area contributed by atoms with Gasteiger partial charge in [0.15, 0.2) is 23.1 Å². The Morgan fingerprint density at radius 2 is 0.535 bits per heavy atom. The van der Waals surface area contributed by atoms with Crippen LogP contribution in [0.2, 0.25) is 0 Å². The van der Waals surface area contributed by atoms with E-state index in [1.165, 1.54) is 56.5 Å². The number of amides is 4. The van der Waals surface area contributed by atoms with E-state index in [2.05, 4.69) is 113 Å². The van der Waals surface area contributed by atoms with Crippen LogP contribution in [0.1, 0.15) is 191 Å². The summed E-state index contributed by atoms with van der Waals surface area (Å²) in [5, 5.41) is 21.3. The molecule has 8 aromatic carbocycles. The number of nitrogens with one attached hydrogen (secondary N) is 4. The van der Waals surface area contributed by atoms with E-state index in [0.717, 1.165) is 121 Å². The van der Waals surface area contributed by atoms with Gasteiger partial charge in [-0.1, -0.05) is 120 Å². The quantitative estimate of drug-likeness (QED) is 0.0342. The van der Waals surface area contributed by atoms with Gasteiger partial charge in [0.05, 0.1) is 19.5 Å². The standard InChI is InChI=1S/C25H26N2O2S.2C24H23NO2S.C23H21NO3S/c1-16-4-7-19(22(28)14-17-5-6-17)15-21(16)26-25(29)24-13-12-23(30-24)18-8-10-20(11-9-18)27(2)3;2*1-15-3-8-18(9-4-15)22-11-12-23(28-22)24(27)25-20-14-19(10-5-16(20)2)21(26)13-17-6-7-17;1-14-2-5-17(20(26)12-15-3-4-15)13-19(14)24-23(27)22-11-10-21(28-22)16-6-8-18(25)9-7-16/h4,7-13,15,17H,5-6,14H2,1-3H3,(H,26,29);2*3-5,8-12,14,17H,6-7,13H2,1-2H3,(H,25,27);2,5-11,13,15,25H,3-4,12H2,1H3,(H,24,27). The van der Waals surface area contributed by atoms with Gasteiger partial charge in [-0.3, -0.25) is 38.4 Å². The highest BCUT2D eigenvalue weighted by atomic mass is 32.1. The number of carbonyl (C=O) groups excluding carboxylic acids is 8. The van der Waals surface area contributed by atoms with Crippen molar-refractivity contribution < 1.29 is 43.5 Å². The summed E-state index contributed by atoms with van der Waals surface area (Å²) in [5.41, 5.74) is 17.1. The van der Waals surface area contributed by atoms with Crippen molar-refractivity contribution in [3.63, 3.8) is 0 Å². The maximum absolute atomic E-state index is 12.8. The second-order valence-corrected chi connectivity index (χ2v) is 34.9. The first-order valence-electron chi connectivity index (χ1n) is 38.8. The van der Waals surface area contributed by atoms with Crippen molar-refractivity contribution in [1.82, 2.24) is 0 Å². The molecule has 0 radical (unpaired) electrons. The molecule has 0 aliphatic heterocycles. The van der Waals surface area contributed by atoms with Crippen LogP contribution < -0.4 is 26.2 Å². The number of phenolic OH excluding ortho intramolecular Hbond substituents is 1. The summed E-state index contributed by atoms with van der Waals surface area (Å²) in [5.74, 6) is 2.42. The van der Waals surface area contributed by atoms with E-state index in [9.17, 15) is 43.5 Å². The summed E-state index contributed by atoms with van der Waals surface area (Å²) < 4.78 is 0. The summed E-state index contributed by atoms with van der Waals surface area (Å²) in [6, 6.07) is 69.2. The lowest BCUT2D eigenvalue weighted by Crippen LogP contribution is -2.12. The number of Topliss-reactive ketones (excluding diaryl/α,β-unsaturated/α-hetero) is 4. The highest BCUT2D eigenvalue weighted by Gasteiger charge is 2.29. The molecule has 0 atom stereocenters. The molecule has 18 heteroatoms. The molecule has 4 aliphatic carbocycles. The van der Waals surface area contributed by atoms with Crippen LogP contribution in [-0.2, 0) is 0 Å². The monoisotopic (exact) mass is 1590 g/mol. The Labute approximate surface area is 682 Å².